The van der Waals surface area contributed by atoms with E-state index in [0.29, 0.717) is 61.8 Å². The molecule has 37 heavy (non-hydrogen) atoms. The summed E-state index contributed by atoms with van der Waals surface area (Å²) in [6.45, 7) is 4.93. The highest BCUT2D eigenvalue weighted by Crippen LogP contribution is 2.38. The van der Waals surface area contributed by atoms with Gasteiger partial charge in [0.25, 0.3) is 11.8 Å². The number of anilines is 1. The zero-order valence-electron chi connectivity index (χ0n) is 21.0. The van der Waals surface area contributed by atoms with Crippen molar-refractivity contribution in [1.82, 2.24) is 14.1 Å². The van der Waals surface area contributed by atoms with Crippen molar-refractivity contribution in [3.05, 3.63) is 45.8 Å². The lowest BCUT2D eigenvalue weighted by molar-refractivity contribution is -0.129. The van der Waals surface area contributed by atoms with Crippen LogP contribution in [0.2, 0.25) is 0 Å². The van der Waals surface area contributed by atoms with Crippen LogP contribution in [0.15, 0.2) is 29.2 Å². The highest BCUT2D eigenvalue weighted by Gasteiger charge is 2.32. The van der Waals surface area contributed by atoms with Crippen molar-refractivity contribution in [2.24, 2.45) is 0 Å². The van der Waals surface area contributed by atoms with E-state index in [0.717, 1.165) is 42.5 Å². The normalized spacial score (nSPS) is 18.5. The van der Waals surface area contributed by atoms with Crippen molar-refractivity contribution in [3.8, 4) is 0 Å². The van der Waals surface area contributed by atoms with Crippen molar-refractivity contribution in [2.45, 2.75) is 56.9 Å². The van der Waals surface area contributed by atoms with Gasteiger partial charge in [-0.05, 0) is 68.4 Å². The molecule has 3 amide bonds. The third kappa shape index (κ3) is 5.17. The predicted octanol–water partition coefficient (Wildman–Crippen LogP) is 3.32. The van der Waals surface area contributed by atoms with Gasteiger partial charge < -0.3 is 15.1 Å². The number of hydrogen-bond donors (Lipinski definition) is 1. The summed E-state index contributed by atoms with van der Waals surface area (Å²) in [4.78, 5) is 43.5. The molecule has 5 rings (SSSR count). The van der Waals surface area contributed by atoms with Crippen LogP contribution >= 0.6 is 11.3 Å². The molecule has 9 nitrogen and oxygen atoms in total. The predicted molar refractivity (Wildman–Crippen MR) is 141 cm³/mol. The van der Waals surface area contributed by atoms with E-state index in [9.17, 15) is 22.8 Å². The molecule has 2 aromatic rings. The molecule has 0 saturated carbocycles. The van der Waals surface area contributed by atoms with Gasteiger partial charge in [-0.3, -0.25) is 14.4 Å². The third-order valence-electron chi connectivity index (χ3n) is 7.41. The summed E-state index contributed by atoms with van der Waals surface area (Å²) in [5.74, 6) is -0.492. The molecule has 11 heteroatoms. The zero-order chi connectivity index (χ0) is 26.2. The number of carbonyl (C=O) groups is 3. The molecule has 198 valence electrons. The summed E-state index contributed by atoms with van der Waals surface area (Å²) in [5, 5.41) is 3.42. The van der Waals surface area contributed by atoms with Crippen molar-refractivity contribution >= 4 is 44.1 Å². The van der Waals surface area contributed by atoms with Gasteiger partial charge in [0.15, 0.2) is 0 Å². The Hall–Kier alpha value is -2.76. The van der Waals surface area contributed by atoms with Crippen LogP contribution < -0.4 is 5.32 Å². The maximum atomic E-state index is 13.6. The van der Waals surface area contributed by atoms with E-state index >= 15 is 0 Å². The summed E-state index contributed by atoms with van der Waals surface area (Å²) < 4.78 is 27.1. The molecule has 0 spiro atoms. The van der Waals surface area contributed by atoms with E-state index < -0.39 is 15.9 Å². The number of thiophene rings is 1. The second-order valence-corrected chi connectivity index (χ2v) is 12.9. The number of amides is 3. The minimum absolute atomic E-state index is 0.0162. The van der Waals surface area contributed by atoms with Gasteiger partial charge in [-0.2, -0.15) is 4.31 Å². The maximum Gasteiger partial charge on any atom is 0.257 e. The molecule has 1 aromatic carbocycles. The van der Waals surface area contributed by atoms with Crippen molar-refractivity contribution < 1.29 is 22.8 Å². The van der Waals surface area contributed by atoms with E-state index in [1.54, 1.807) is 4.90 Å². The van der Waals surface area contributed by atoms with Crippen LogP contribution in [0.5, 0.6) is 0 Å². The minimum Gasteiger partial charge on any atom is -0.339 e. The fourth-order valence-electron chi connectivity index (χ4n) is 5.27. The topological polar surface area (TPSA) is 107 Å². The molecule has 3 aliphatic heterocycles. The van der Waals surface area contributed by atoms with E-state index in [-0.39, 0.29) is 16.7 Å². The van der Waals surface area contributed by atoms with Gasteiger partial charge in [-0.15, -0.1) is 11.3 Å². The van der Waals surface area contributed by atoms with Crippen molar-refractivity contribution in [2.75, 3.05) is 38.0 Å². The van der Waals surface area contributed by atoms with Gasteiger partial charge in [-0.1, -0.05) is 0 Å². The first-order chi connectivity index (χ1) is 17.8. The van der Waals surface area contributed by atoms with E-state index in [4.69, 9.17) is 0 Å². The molecule has 2 saturated heterocycles. The number of carbonyl (C=O) groups excluding carboxylic acids is 3. The second kappa shape index (κ2) is 10.5. The number of sulfonamides is 1. The number of nitrogens with zero attached hydrogens (tertiary/aromatic N) is 3. The minimum atomic E-state index is -3.56. The Morgan fingerprint density at radius 3 is 2.16 bits per heavy atom. The number of hydrogen-bond acceptors (Lipinski definition) is 6. The van der Waals surface area contributed by atoms with Crippen molar-refractivity contribution in [1.29, 1.82) is 0 Å². The zero-order valence-corrected chi connectivity index (χ0v) is 22.6. The lowest BCUT2D eigenvalue weighted by atomic mass is 10.0. The molecule has 1 aromatic heterocycles. The molecular weight excluding hydrogens is 512 g/mol. The monoisotopic (exact) mass is 544 g/mol. The first-order valence-corrected chi connectivity index (χ1v) is 15.1. The number of piperidine rings is 1. The maximum absolute atomic E-state index is 13.6. The Balaban J connectivity index is 1.40. The molecule has 4 heterocycles. The van der Waals surface area contributed by atoms with Crippen LogP contribution in [-0.4, -0.2) is 73.0 Å². The molecule has 0 aliphatic carbocycles. The summed E-state index contributed by atoms with van der Waals surface area (Å²) in [7, 11) is -3.56. The number of fused-ring (bicyclic) bond motifs is 1. The summed E-state index contributed by atoms with van der Waals surface area (Å²) in [6.07, 6.45) is 5.31. The highest BCUT2D eigenvalue weighted by molar-refractivity contribution is 7.89. The van der Waals surface area contributed by atoms with E-state index in [1.807, 2.05) is 4.90 Å². The standard InChI is InChI=1S/C26H32N4O5S2/c1-18(31)29-16-11-21-22(17-29)36-25(23(21)26(33)28-12-3-2-4-13-28)27-24(32)19-7-9-20(10-8-19)37(34,35)30-14-5-6-15-30/h7-10H,2-6,11-17H2,1H3,(H,27,32). The SMILES string of the molecule is CC(=O)N1CCc2c(sc(NC(=O)c3ccc(S(=O)(=O)N4CCCC4)cc3)c2C(=O)N2CCCCC2)C1. The first-order valence-electron chi connectivity index (χ1n) is 12.9. The molecular formula is C26H32N4O5S2. The molecule has 0 unspecified atom stereocenters. The van der Waals surface area contributed by atoms with Gasteiger partial charge in [0.1, 0.15) is 5.00 Å². The average molecular weight is 545 g/mol. The molecule has 0 atom stereocenters. The summed E-state index contributed by atoms with van der Waals surface area (Å²) in [6, 6.07) is 5.95. The van der Waals surface area contributed by atoms with Gasteiger partial charge in [0.2, 0.25) is 15.9 Å². The molecule has 2 fully saturated rings. The molecule has 0 radical (unpaired) electrons. The van der Waals surface area contributed by atoms with Crippen LogP contribution in [0, 0.1) is 0 Å². The quantitative estimate of drug-likeness (QED) is 0.622. The van der Waals surface area contributed by atoms with Gasteiger partial charge in [0.05, 0.1) is 17.0 Å². The van der Waals surface area contributed by atoms with Gasteiger partial charge >= 0.3 is 0 Å². The Morgan fingerprint density at radius 2 is 1.51 bits per heavy atom. The van der Waals surface area contributed by atoms with Gasteiger partial charge in [-0.25, -0.2) is 8.42 Å². The van der Waals surface area contributed by atoms with E-state index in [1.165, 1.54) is 46.8 Å². The summed E-state index contributed by atoms with van der Waals surface area (Å²) >= 11 is 1.35. The Labute approximate surface area is 221 Å². The smallest absolute Gasteiger partial charge is 0.257 e. The number of rotatable bonds is 5. The molecule has 1 N–H and O–H groups in total. The van der Waals surface area contributed by atoms with E-state index in [2.05, 4.69) is 5.32 Å². The van der Waals surface area contributed by atoms with Crippen LogP contribution in [0.4, 0.5) is 5.00 Å². The molecule has 3 aliphatic rings. The van der Waals surface area contributed by atoms with Crippen LogP contribution in [0.3, 0.4) is 0 Å². The Bertz CT molecular complexity index is 1310. The van der Waals surface area contributed by atoms with Crippen molar-refractivity contribution in [3.63, 3.8) is 0 Å². The summed E-state index contributed by atoms with van der Waals surface area (Å²) in [5.41, 5.74) is 1.76. The average Bonchev–Trinajstić information content (AvgIpc) is 3.57. The fourth-order valence-corrected chi connectivity index (χ4v) is 8.04. The second-order valence-electron chi connectivity index (χ2n) is 9.84. The Kier molecular flexibility index (Phi) is 7.37. The number of benzene rings is 1. The fraction of sp³-hybridized carbons (Fsp3) is 0.500. The highest BCUT2D eigenvalue weighted by atomic mass is 32.2. The molecule has 0 bridgehead atoms. The number of likely N-dealkylation sites (tertiary alicyclic amines) is 1. The number of nitrogens with one attached hydrogen (secondary N) is 1. The lowest BCUT2D eigenvalue weighted by Gasteiger charge is -2.29. The third-order valence-corrected chi connectivity index (χ3v) is 10.5. The first kappa shape index (κ1) is 25.9. The lowest BCUT2D eigenvalue weighted by Crippen LogP contribution is -2.38. The van der Waals surface area contributed by atoms with Gasteiger partial charge in [0, 0.05) is 50.1 Å². The van der Waals surface area contributed by atoms with Crippen LogP contribution in [0.25, 0.3) is 0 Å². The largest absolute Gasteiger partial charge is 0.339 e. The Morgan fingerprint density at radius 1 is 0.865 bits per heavy atom. The van der Waals surface area contributed by atoms with Crippen LogP contribution in [0.1, 0.15) is 70.2 Å². The van der Waals surface area contributed by atoms with Crippen LogP contribution in [-0.2, 0) is 27.8 Å².